The Balaban J connectivity index is 2.58. The Hall–Kier alpha value is -1.45. The molecule has 0 aromatic heterocycles. The van der Waals surface area contributed by atoms with Crippen LogP contribution in [0.4, 0.5) is 20.2 Å². The summed E-state index contributed by atoms with van der Waals surface area (Å²) < 4.78 is 28.8. The maximum atomic E-state index is 14.1. The summed E-state index contributed by atoms with van der Waals surface area (Å²) in [6, 6.07) is 6.21. The summed E-state index contributed by atoms with van der Waals surface area (Å²) in [5, 5.41) is 10.8. The zero-order valence-corrected chi connectivity index (χ0v) is 14.1. The van der Waals surface area contributed by atoms with Crippen LogP contribution in [0.25, 0.3) is 0 Å². The molecule has 0 fully saturated rings. The second-order valence-electron chi connectivity index (χ2n) is 4.43. The van der Waals surface area contributed by atoms with Crippen molar-refractivity contribution in [2.75, 3.05) is 5.32 Å². The number of benzene rings is 2. The molecule has 0 radical (unpaired) electrons. The molecule has 0 bridgehead atoms. The molecule has 0 saturated heterocycles. The van der Waals surface area contributed by atoms with Crippen molar-refractivity contribution in [3.8, 4) is 0 Å². The molecular weight excluding hydrogens is 429 g/mol. The first-order chi connectivity index (χ1) is 10.3. The van der Waals surface area contributed by atoms with Crippen LogP contribution in [0.2, 0.25) is 5.02 Å². The smallest absolute Gasteiger partial charge is 0.276 e. The second kappa shape index (κ2) is 6.76. The fourth-order valence-electron chi connectivity index (χ4n) is 1.86. The lowest BCUT2D eigenvalue weighted by atomic mass is 10.1. The third-order valence-corrected chi connectivity index (χ3v) is 3.90. The number of hydrogen-bond donors (Lipinski definition) is 3. The molecule has 8 heteroatoms. The van der Waals surface area contributed by atoms with Crippen molar-refractivity contribution in [1.82, 2.24) is 5.48 Å². The summed E-state index contributed by atoms with van der Waals surface area (Å²) >= 11 is 7.66. The van der Waals surface area contributed by atoms with E-state index in [1.165, 1.54) is 5.48 Å². The first-order valence-corrected chi connectivity index (χ1v) is 7.46. The van der Waals surface area contributed by atoms with Crippen LogP contribution >= 0.6 is 34.2 Å². The van der Waals surface area contributed by atoms with Crippen molar-refractivity contribution in [1.29, 1.82) is 0 Å². The monoisotopic (exact) mass is 438 g/mol. The predicted molar refractivity (Wildman–Crippen MR) is 87.8 cm³/mol. The summed E-state index contributed by atoms with van der Waals surface area (Å²) in [7, 11) is 0. The van der Waals surface area contributed by atoms with Crippen LogP contribution in [-0.2, 0) is 0 Å². The van der Waals surface area contributed by atoms with E-state index in [0.717, 1.165) is 15.2 Å². The van der Waals surface area contributed by atoms with Gasteiger partial charge in [-0.3, -0.25) is 10.0 Å². The van der Waals surface area contributed by atoms with Gasteiger partial charge in [0.1, 0.15) is 0 Å². The highest BCUT2D eigenvalue weighted by molar-refractivity contribution is 14.1. The van der Waals surface area contributed by atoms with Crippen molar-refractivity contribution >= 4 is 51.5 Å². The SMILES string of the molecule is Cc1cc(I)ccc1Nc1c(C(=O)NO)cc(Cl)c(F)c1F. The van der Waals surface area contributed by atoms with E-state index in [2.05, 4.69) is 27.9 Å². The van der Waals surface area contributed by atoms with Crippen molar-refractivity contribution in [2.24, 2.45) is 0 Å². The molecule has 2 aromatic carbocycles. The van der Waals surface area contributed by atoms with E-state index in [1.54, 1.807) is 19.1 Å². The van der Waals surface area contributed by atoms with Crippen LogP contribution < -0.4 is 10.8 Å². The maximum Gasteiger partial charge on any atom is 0.276 e. The quantitative estimate of drug-likeness (QED) is 0.288. The fraction of sp³-hybridized carbons (Fsp3) is 0.0714. The van der Waals surface area contributed by atoms with Gasteiger partial charge >= 0.3 is 0 Å². The number of anilines is 2. The minimum atomic E-state index is -1.30. The number of carbonyl (C=O) groups excluding carboxylic acids is 1. The molecule has 116 valence electrons. The lowest BCUT2D eigenvalue weighted by molar-refractivity contribution is 0.0707. The number of carbonyl (C=O) groups is 1. The highest BCUT2D eigenvalue weighted by atomic mass is 127. The van der Waals surface area contributed by atoms with Gasteiger partial charge in [0, 0.05) is 9.26 Å². The number of nitrogens with one attached hydrogen (secondary N) is 2. The molecule has 3 N–H and O–H groups in total. The van der Waals surface area contributed by atoms with E-state index < -0.39 is 28.3 Å². The first kappa shape index (κ1) is 16.9. The normalized spacial score (nSPS) is 10.5. The van der Waals surface area contributed by atoms with Gasteiger partial charge in [-0.1, -0.05) is 11.6 Å². The van der Waals surface area contributed by atoms with E-state index in [9.17, 15) is 13.6 Å². The van der Waals surface area contributed by atoms with E-state index in [4.69, 9.17) is 16.8 Å². The standard InChI is InChI=1S/C14H10ClF2IN2O2/c1-6-4-7(18)2-3-10(6)19-13-8(14(21)20-22)5-9(15)11(16)12(13)17/h2-5,19,22H,1H3,(H,20,21). The molecule has 22 heavy (non-hydrogen) atoms. The summed E-state index contributed by atoms with van der Waals surface area (Å²) in [5.41, 5.74) is 1.93. The molecule has 1 amide bonds. The number of rotatable bonds is 3. The minimum Gasteiger partial charge on any atom is -0.352 e. The molecular formula is C14H10ClF2IN2O2. The molecule has 0 unspecified atom stereocenters. The molecule has 2 aromatic rings. The van der Waals surface area contributed by atoms with Crippen LogP contribution in [0.15, 0.2) is 24.3 Å². The van der Waals surface area contributed by atoms with Crippen molar-refractivity contribution in [2.45, 2.75) is 6.92 Å². The number of halogens is 4. The van der Waals surface area contributed by atoms with E-state index in [1.807, 2.05) is 6.07 Å². The lowest BCUT2D eigenvalue weighted by Gasteiger charge is -2.15. The molecule has 0 aliphatic carbocycles. The van der Waals surface area contributed by atoms with Crippen LogP contribution in [0.5, 0.6) is 0 Å². The minimum absolute atomic E-state index is 0.315. The Bertz CT molecular complexity index is 756. The number of hydrogen-bond acceptors (Lipinski definition) is 3. The summed E-state index contributed by atoms with van der Waals surface area (Å²) in [6.45, 7) is 1.78. The summed E-state index contributed by atoms with van der Waals surface area (Å²) in [6.07, 6.45) is 0. The number of amides is 1. The summed E-state index contributed by atoms with van der Waals surface area (Å²) in [5.74, 6) is -3.59. The number of aryl methyl sites for hydroxylation is 1. The van der Waals surface area contributed by atoms with Gasteiger partial charge < -0.3 is 5.32 Å². The van der Waals surface area contributed by atoms with Gasteiger partial charge in [-0.15, -0.1) is 0 Å². The topological polar surface area (TPSA) is 61.4 Å². The Morgan fingerprint density at radius 2 is 1.95 bits per heavy atom. The summed E-state index contributed by atoms with van der Waals surface area (Å²) in [4.78, 5) is 11.6. The van der Waals surface area contributed by atoms with Crippen LogP contribution in [0.1, 0.15) is 15.9 Å². The lowest BCUT2D eigenvalue weighted by Crippen LogP contribution is -2.21. The molecule has 2 rings (SSSR count). The van der Waals surface area contributed by atoms with Gasteiger partial charge in [-0.05, 0) is 59.3 Å². The van der Waals surface area contributed by atoms with Crippen LogP contribution in [0.3, 0.4) is 0 Å². The second-order valence-corrected chi connectivity index (χ2v) is 6.09. The highest BCUT2D eigenvalue weighted by Gasteiger charge is 2.22. The Morgan fingerprint density at radius 1 is 1.27 bits per heavy atom. The van der Waals surface area contributed by atoms with E-state index in [-0.39, 0.29) is 5.56 Å². The Kier molecular flexibility index (Phi) is 5.20. The Labute approximate surface area is 143 Å². The van der Waals surface area contributed by atoms with Gasteiger partial charge in [0.15, 0.2) is 11.6 Å². The van der Waals surface area contributed by atoms with Crippen LogP contribution in [-0.4, -0.2) is 11.1 Å². The Morgan fingerprint density at radius 3 is 2.55 bits per heavy atom. The van der Waals surface area contributed by atoms with Crippen LogP contribution in [0, 0.1) is 22.1 Å². The molecule has 0 spiro atoms. The van der Waals surface area contributed by atoms with Gasteiger partial charge in [0.05, 0.1) is 16.3 Å². The molecule has 0 aliphatic rings. The number of hydroxylamine groups is 1. The predicted octanol–water partition coefficient (Wildman–Crippen LogP) is 4.39. The zero-order valence-electron chi connectivity index (χ0n) is 11.2. The molecule has 4 nitrogen and oxygen atoms in total. The molecule has 0 aliphatic heterocycles. The van der Waals surface area contributed by atoms with E-state index in [0.29, 0.717) is 5.69 Å². The van der Waals surface area contributed by atoms with Gasteiger partial charge in [0.25, 0.3) is 5.91 Å². The van der Waals surface area contributed by atoms with Crippen molar-refractivity contribution in [3.63, 3.8) is 0 Å². The highest BCUT2D eigenvalue weighted by Crippen LogP contribution is 2.32. The average molecular weight is 439 g/mol. The third kappa shape index (κ3) is 3.31. The molecule has 0 atom stereocenters. The zero-order chi connectivity index (χ0) is 16.4. The van der Waals surface area contributed by atoms with Gasteiger partial charge in [-0.25, -0.2) is 14.3 Å². The third-order valence-electron chi connectivity index (χ3n) is 2.96. The maximum absolute atomic E-state index is 14.1. The van der Waals surface area contributed by atoms with E-state index >= 15 is 0 Å². The molecule has 0 heterocycles. The van der Waals surface area contributed by atoms with Crippen molar-refractivity contribution in [3.05, 3.63) is 55.6 Å². The average Bonchev–Trinajstić information content (AvgIpc) is 2.49. The fourth-order valence-corrected chi connectivity index (χ4v) is 2.70. The van der Waals surface area contributed by atoms with Gasteiger partial charge in [0.2, 0.25) is 0 Å². The largest absolute Gasteiger partial charge is 0.352 e. The molecule has 0 saturated carbocycles. The van der Waals surface area contributed by atoms with Crippen molar-refractivity contribution < 1.29 is 18.8 Å². The first-order valence-electron chi connectivity index (χ1n) is 6.00. The van der Waals surface area contributed by atoms with Gasteiger partial charge in [-0.2, -0.15) is 0 Å².